The van der Waals surface area contributed by atoms with Gasteiger partial charge in [0.1, 0.15) is 4.21 Å². The van der Waals surface area contributed by atoms with Crippen LogP contribution in [0.25, 0.3) is 0 Å². The van der Waals surface area contributed by atoms with Crippen LogP contribution in [-0.2, 0) is 10.0 Å². The van der Waals surface area contributed by atoms with Crippen LogP contribution in [0.2, 0.25) is 4.34 Å². The molecule has 0 bridgehead atoms. The maximum atomic E-state index is 12.0. The number of sulfonamides is 1. The van der Waals surface area contributed by atoms with Crippen LogP contribution in [0.3, 0.4) is 0 Å². The van der Waals surface area contributed by atoms with Gasteiger partial charge in [0.15, 0.2) is 0 Å². The Kier molecular flexibility index (Phi) is 6.76. The average Bonchev–Trinajstić information content (AvgIpc) is 2.80. The number of thiophene rings is 1. The summed E-state index contributed by atoms with van der Waals surface area (Å²) >= 11 is 6.79. The van der Waals surface area contributed by atoms with Crippen molar-refractivity contribution in [2.45, 2.75) is 30.9 Å². The molecule has 1 aromatic heterocycles. The molecule has 1 rings (SSSR count). The molecule has 0 aliphatic heterocycles. The molecule has 2 atom stereocenters. The fourth-order valence-corrected chi connectivity index (χ4v) is 4.32. The summed E-state index contributed by atoms with van der Waals surface area (Å²) in [6, 6.07) is 3.09. The summed E-state index contributed by atoms with van der Waals surface area (Å²) in [4.78, 5) is 0. The van der Waals surface area contributed by atoms with Gasteiger partial charge < -0.3 is 5.11 Å². The van der Waals surface area contributed by atoms with Crippen molar-refractivity contribution in [1.29, 1.82) is 0 Å². The average molecular weight is 326 g/mol. The van der Waals surface area contributed by atoms with Gasteiger partial charge in [-0.15, -0.1) is 11.3 Å². The van der Waals surface area contributed by atoms with Crippen LogP contribution >= 0.6 is 22.9 Å². The third-order valence-corrected chi connectivity index (χ3v) is 6.34. The molecule has 0 spiro atoms. The van der Waals surface area contributed by atoms with Gasteiger partial charge in [0.05, 0.1) is 4.34 Å². The number of aliphatic hydroxyl groups excluding tert-OH is 1. The van der Waals surface area contributed by atoms with Crippen molar-refractivity contribution in [3.05, 3.63) is 16.5 Å². The molecule has 0 aliphatic rings. The number of aliphatic hydroxyl groups is 1. The van der Waals surface area contributed by atoms with Crippen molar-refractivity contribution in [3.8, 4) is 0 Å². The summed E-state index contributed by atoms with van der Waals surface area (Å²) in [5, 5.41) is 8.78. The maximum Gasteiger partial charge on any atom is 0.250 e. The number of hydrogen-bond donors (Lipinski definition) is 2. The highest BCUT2D eigenvalue weighted by molar-refractivity contribution is 7.91. The van der Waals surface area contributed by atoms with Crippen molar-refractivity contribution in [2.24, 2.45) is 11.8 Å². The lowest BCUT2D eigenvalue weighted by Gasteiger charge is -2.19. The highest BCUT2D eigenvalue weighted by Gasteiger charge is 2.19. The fourth-order valence-electron chi connectivity index (χ4n) is 1.65. The number of hydrogen-bond acceptors (Lipinski definition) is 4. The van der Waals surface area contributed by atoms with E-state index in [2.05, 4.69) is 11.6 Å². The van der Waals surface area contributed by atoms with Crippen LogP contribution in [0.4, 0.5) is 0 Å². The normalized spacial score (nSPS) is 15.4. The van der Waals surface area contributed by atoms with E-state index in [1.54, 1.807) is 6.07 Å². The molecule has 19 heavy (non-hydrogen) atoms. The van der Waals surface area contributed by atoms with Crippen molar-refractivity contribution in [1.82, 2.24) is 4.72 Å². The zero-order chi connectivity index (χ0) is 14.5. The Labute approximate surface area is 123 Å². The quantitative estimate of drug-likeness (QED) is 0.772. The molecule has 0 amide bonds. The van der Waals surface area contributed by atoms with Crippen LogP contribution in [0.5, 0.6) is 0 Å². The second-order valence-electron chi connectivity index (χ2n) is 4.73. The molecular formula is C12H20ClNO3S2. The minimum absolute atomic E-state index is 0.177. The minimum Gasteiger partial charge on any atom is -0.396 e. The van der Waals surface area contributed by atoms with Gasteiger partial charge in [-0.25, -0.2) is 13.1 Å². The molecule has 0 aliphatic carbocycles. The van der Waals surface area contributed by atoms with Gasteiger partial charge >= 0.3 is 0 Å². The molecular weight excluding hydrogens is 306 g/mol. The SMILES string of the molecule is CC(CCCO)C(C)CNS(=O)(=O)c1ccc(Cl)s1. The molecule has 110 valence electrons. The van der Waals surface area contributed by atoms with Gasteiger partial charge in [-0.3, -0.25) is 0 Å². The van der Waals surface area contributed by atoms with E-state index in [1.165, 1.54) is 6.07 Å². The van der Waals surface area contributed by atoms with Crippen molar-refractivity contribution >= 4 is 33.0 Å². The third kappa shape index (κ3) is 5.39. The molecule has 4 nitrogen and oxygen atoms in total. The Hall–Kier alpha value is -0.140. The van der Waals surface area contributed by atoms with E-state index in [4.69, 9.17) is 16.7 Å². The van der Waals surface area contributed by atoms with E-state index in [1.807, 2.05) is 6.92 Å². The number of halogens is 1. The molecule has 1 heterocycles. The number of rotatable bonds is 8. The van der Waals surface area contributed by atoms with Crippen molar-refractivity contribution in [3.63, 3.8) is 0 Å². The summed E-state index contributed by atoms with van der Waals surface area (Å²) in [6.45, 7) is 4.64. The first kappa shape index (κ1) is 16.9. The predicted octanol–water partition coefficient (Wildman–Crippen LogP) is 2.72. The van der Waals surface area contributed by atoms with Crippen LogP contribution in [0, 0.1) is 11.8 Å². The van der Waals surface area contributed by atoms with Crippen LogP contribution < -0.4 is 4.72 Å². The lowest BCUT2D eigenvalue weighted by molar-refractivity contribution is 0.258. The zero-order valence-corrected chi connectivity index (χ0v) is 13.5. The minimum atomic E-state index is -3.45. The molecule has 0 radical (unpaired) electrons. The highest BCUT2D eigenvalue weighted by Crippen LogP contribution is 2.25. The van der Waals surface area contributed by atoms with Gasteiger partial charge in [0.2, 0.25) is 10.0 Å². The zero-order valence-electron chi connectivity index (χ0n) is 11.1. The summed E-state index contributed by atoms with van der Waals surface area (Å²) in [5.41, 5.74) is 0. The van der Waals surface area contributed by atoms with Gasteiger partial charge in [-0.1, -0.05) is 25.4 Å². The fraction of sp³-hybridized carbons (Fsp3) is 0.667. The molecule has 0 aromatic carbocycles. The van der Waals surface area contributed by atoms with Crippen molar-refractivity contribution < 1.29 is 13.5 Å². The highest BCUT2D eigenvalue weighted by atomic mass is 35.5. The maximum absolute atomic E-state index is 12.0. The van der Waals surface area contributed by atoms with E-state index in [-0.39, 0.29) is 16.7 Å². The molecule has 7 heteroatoms. The van der Waals surface area contributed by atoms with E-state index in [0.29, 0.717) is 16.8 Å². The first-order valence-electron chi connectivity index (χ1n) is 6.22. The van der Waals surface area contributed by atoms with Gasteiger partial charge in [0, 0.05) is 13.2 Å². The van der Waals surface area contributed by atoms with Crippen LogP contribution in [0.15, 0.2) is 16.3 Å². The summed E-state index contributed by atoms with van der Waals surface area (Å²) in [6.07, 6.45) is 1.64. The van der Waals surface area contributed by atoms with E-state index in [0.717, 1.165) is 24.2 Å². The molecule has 0 fully saturated rings. The van der Waals surface area contributed by atoms with E-state index >= 15 is 0 Å². The van der Waals surface area contributed by atoms with E-state index < -0.39 is 10.0 Å². The Morgan fingerprint density at radius 2 is 2.05 bits per heavy atom. The number of nitrogens with one attached hydrogen (secondary N) is 1. The summed E-state index contributed by atoms with van der Waals surface area (Å²) in [5.74, 6) is 0.582. The third-order valence-electron chi connectivity index (χ3n) is 3.20. The Balaban J connectivity index is 2.51. The van der Waals surface area contributed by atoms with Gasteiger partial charge in [-0.2, -0.15) is 0 Å². The monoisotopic (exact) mass is 325 g/mol. The molecule has 2 unspecified atom stereocenters. The van der Waals surface area contributed by atoms with Crippen LogP contribution in [0.1, 0.15) is 26.7 Å². The smallest absolute Gasteiger partial charge is 0.250 e. The lowest BCUT2D eigenvalue weighted by Crippen LogP contribution is -2.30. The van der Waals surface area contributed by atoms with Crippen LogP contribution in [-0.4, -0.2) is 26.7 Å². The molecule has 0 saturated carbocycles. The Bertz CT molecular complexity index is 487. The Morgan fingerprint density at radius 3 is 2.58 bits per heavy atom. The molecule has 1 aromatic rings. The lowest BCUT2D eigenvalue weighted by atomic mass is 9.92. The second-order valence-corrected chi connectivity index (χ2v) is 8.44. The van der Waals surface area contributed by atoms with Gasteiger partial charge in [-0.05, 0) is 36.8 Å². The first-order chi connectivity index (χ1) is 8.86. The topological polar surface area (TPSA) is 66.4 Å². The van der Waals surface area contributed by atoms with Crippen molar-refractivity contribution in [2.75, 3.05) is 13.2 Å². The molecule has 0 saturated heterocycles. The predicted molar refractivity (Wildman–Crippen MR) is 79.2 cm³/mol. The van der Waals surface area contributed by atoms with Gasteiger partial charge in [0.25, 0.3) is 0 Å². The summed E-state index contributed by atoms with van der Waals surface area (Å²) < 4.78 is 27.3. The second kappa shape index (κ2) is 7.59. The largest absolute Gasteiger partial charge is 0.396 e. The first-order valence-corrected chi connectivity index (χ1v) is 8.90. The standard InChI is InChI=1S/C12H20ClNO3S2/c1-9(4-3-7-15)10(2)8-14-19(16,17)12-6-5-11(13)18-12/h5-6,9-10,14-15H,3-4,7-8H2,1-2H3. The summed E-state index contributed by atoms with van der Waals surface area (Å²) in [7, 11) is -3.45. The Morgan fingerprint density at radius 1 is 1.37 bits per heavy atom. The molecule has 2 N–H and O–H groups in total. The van der Waals surface area contributed by atoms with E-state index in [9.17, 15) is 8.42 Å².